The van der Waals surface area contributed by atoms with Crippen molar-refractivity contribution in [1.82, 2.24) is 0 Å². The molecule has 4 heteroatoms. The van der Waals surface area contributed by atoms with E-state index >= 15 is 0 Å². The normalized spacial score (nSPS) is 11.3. The van der Waals surface area contributed by atoms with Crippen LogP contribution < -0.4 is 4.74 Å². The van der Waals surface area contributed by atoms with Crippen LogP contribution in [-0.2, 0) is 14.3 Å². The first-order valence-electron chi connectivity index (χ1n) is 9.13. The molecule has 0 unspecified atom stereocenters. The number of carbonyl (C=O) groups excluding carboxylic acids is 1. The third-order valence-corrected chi connectivity index (χ3v) is 4.17. The van der Waals surface area contributed by atoms with Crippen molar-refractivity contribution in [1.29, 1.82) is 0 Å². The van der Waals surface area contributed by atoms with Crippen LogP contribution in [0.5, 0.6) is 11.5 Å². The van der Waals surface area contributed by atoms with E-state index in [2.05, 4.69) is 0 Å². The smallest absolute Gasteiger partial charge is 0.341 e. The Morgan fingerprint density at radius 1 is 0.793 bits per heavy atom. The molecule has 0 aliphatic rings. The van der Waals surface area contributed by atoms with E-state index in [0.717, 1.165) is 11.1 Å². The van der Waals surface area contributed by atoms with Crippen LogP contribution in [0, 0.1) is 0 Å². The van der Waals surface area contributed by atoms with E-state index in [1.54, 1.807) is 12.1 Å². The van der Waals surface area contributed by atoms with Gasteiger partial charge in [-0.1, -0.05) is 72.8 Å². The molecule has 0 aromatic heterocycles. The predicted molar refractivity (Wildman–Crippen MR) is 115 cm³/mol. The lowest BCUT2D eigenvalue weighted by molar-refractivity contribution is -0.133. The topological polar surface area (TPSA) is 44.8 Å². The second-order valence-electron chi connectivity index (χ2n) is 6.17. The lowest BCUT2D eigenvalue weighted by Gasteiger charge is -2.13. The Kier molecular flexibility index (Phi) is 6.85. The number of rotatable bonds is 7. The van der Waals surface area contributed by atoms with E-state index < -0.39 is 5.97 Å². The molecule has 0 saturated carbocycles. The molecule has 0 aliphatic heterocycles. The molecule has 146 valence electrons. The van der Waals surface area contributed by atoms with Gasteiger partial charge in [0.15, 0.2) is 0 Å². The van der Waals surface area contributed by atoms with E-state index in [9.17, 15) is 4.79 Å². The lowest BCUT2D eigenvalue weighted by Crippen LogP contribution is -2.05. The Morgan fingerprint density at radius 2 is 1.48 bits per heavy atom. The fourth-order valence-corrected chi connectivity index (χ4v) is 2.79. The van der Waals surface area contributed by atoms with Crippen LogP contribution in [0.2, 0.25) is 0 Å². The minimum Gasteiger partial charge on any atom is -0.503 e. The molecule has 4 nitrogen and oxygen atoms in total. The molecule has 3 aromatic carbocycles. The minimum atomic E-state index is -0.498. The van der Waals surface area contributed by atoms with Crippen molar-refractivity contribution in [2.45, 2.75) is 0 Å². The molecule has 29 heavy (non-hydrogen) atoms. The highest BCUT2D eigenvalue weighted by Crippen LogP contribution is 2.31. The highest BCUT2D eigenvalue weighted by molar-refractivity contribution is 6.17. The molecule has 0 aliphatic carbocycles. The molecule has 0 amide bonds. The van der Waals surface area contributed by atoms with Gasteiger partial charge in [-0.3, -0.25) is 0 Å². The summed E-state index contributed by atoms with van der Waals surface area (Å²) in [6.07, 6.45) is 5.43. The van der Waals surface area contributed by atoms with E-state index in [1.165, 1.54) is 20.5 Å². The SMILES string of the molecule is COC=C(C(=O)OC)c1ccccc1Oc1cccc(C=Cc2ccccc2)c1. The number of hydrogen-bond acceptors (Lipinski definition) is 4. The summed E-state index contributed by atoms with van der Waals surface area (Å²) < 4.78 is 16.0. The molecule has 0 bridgehead atoms. The summed E-state index contributed by atoms with van der Waals surface area (Å²) in [5.41, 5.74) is 3.00. The van der Waals surface area contributed by atoms with E-state index in [1.807, 2.05) is 78.9 Å². The third kappa shape index (κ3) is 5.36. The van der Waals surface area contributed by atoms with Crippen molar-refractivity contribution in [2.24, 2.45) is 0 Å². The van der Waals surface area contributed by atoms with Gasteiger partial charge in [0.2, 0.25) is 0 Å². The third-order valence-electron chi connectivity index (χ3n) is 4.17. The summed E-state index contributed by atoms with van der Waals surface area (Å²) >= 11 is 0. The lowest BCUT2D eigenvalue weighted by atomic mass is 10.1. The summed E-state index contributed by atoms with van der Waals surface area (Å²) in [4.78, 5) is 12.1. The number of hydrogen-bond donors (Lipinski definition) is 0. The predicted octanol–water partition coefficient (Wildman–Crippen LogP) is 5.81. The number of esters is 1. The first kappa shape index (κ1) is 20.0. The highest BCUT2D eigenvalue weighted by atomic mass is 16.5. The fourth-order valence-electron chi connectivity index (χ4n) is 2.79. The zero-order chi connectivity index (χ0) is 20.5. The van der Waals surface area contributed by atoms with E-state index in [-0.39, 0.29) is 5.57 Å². The van der Waals surface area contributed by atoms with Crippen LogP contribution in [-0.4, -0.2) is 20.2 Å². The largest absolute Gasteiger partial charge is 0.503 e. The van der Waals surface area contributed by atoms with Gasteiger partial charge in [-0.05, 0) is 29.3 Å². The van der Waals surface area contributed by atoms with Crippen molar-refractivity contribution in [2.75, 3.05) is 14.2 Å². The van der Waals surface area contributed by atoms with Crippen LogP contribution in [0.3, 0.4) is 0 Å². The average Bonchev–Trinajstić information content (AvgIpc) is 2.77. The van der Waals surface area contributed by atoms with Crippen molar-refractivity contribution in [3.63, 3.8) is 0 Å². The zero-order valence-electron chi connectivity index (χ0n) is 16.4. The van der Waals surface area contributed by atoms with Gasteiger partial charge in [0.25, 0.3) is 0 Å². The number of benzene rings is 3. The molecule has 0 atom stereocenters. The van der Waals surface area contributed by atoms with E-state index in [0.29, 0.717) is 17.1 Å². The first-order chi connectivity index (χ1) is 14.2. The molecule has 3 aromatic rings. The van der Waals surface area contributed by atoms with Crippen LogP contribution in [0.25, 0.3) is 17.7 Å². The maximum atomic E-state index is 12.1. The summed E-state index contributed by atoms with van der Waals surface area (Å²) in [7, 11) is 2.81. The maximum Gasteiger partial charge on any atom is 0.341 e. The molecular formula is C25H22O4. The Bertz CT molecular complexity index is 1020. The Balaban J connectivity index is 1.87. The summed E-state index contributed by atoms with van der Waals surface area (Å²) in [5.74, 6) is 0.696. The molecule has 0 N–H and O–H groups in total. The Morgan fingerprint density at radius 3 is 2.24 bits per heavy atom. The van der Waals surface area contributed by atoms with Gasteiger partial charge >= 0.3 is 5.97 Å². The average molecular weight is 386 g/mol. The number of para-hydroxylation sites is 1. The van der Waals surface area contributed by atoms with E-state index in [4.69, 9.17) is 14.2 Å². The van der Waals surface area contributed by atoms with Crippen molar-refractivity contribution in [3.8, 4) is 11.5 Å². The van der Waals surface area contributed by atoms with Crippen molar-refractivity contribution in [3.05, 3.63) is 102 Å². The summed E-state index contributed by atoms with van der Waals surface area (Å²) in [5, 5.41) is 0. The first-order valence-corrected chi connectivity index (χ1v) is 9.13. The monoisotopic (exact) mass is 386 g/mol. The number of methoxy groups -OCH3 is 2. The zero-order valence-corrected chi connectivity index (χ0v) is 16.4. The molecular weight excluding hydrogens is 364 g/mol. The Labute approximate surface area is 170 Å². The molecule has 0 radical (unpaired) electrons. The number of carbonyl (C=O) groups is 1. The highest BCUT2D eigenvalue weighted by Gasteiger charge is 2.18. The van der Waals surface area contributed by atoms with Gasteiger partial charge in [-0.2, -0.15) is 0 Å². The maximum absolute atomic E-state index is 12.1. The molecule has 0 saturated heterocycles. The van der Waals surface area contributed by atoms with Gasteiger partial charge in [-0.15, -0.1) is 0 Å². The van der Waals surface area contributed by atoms with Gasteiger partial charge in [0.1, 0.15) is 17.1 Å². The van der Waals surface area contributed by atoms with Crippen LogP contribution >= 0.6 is 0 Å². The molecule has 0 spiro atoms. The second kappa shape index (κ2) is 9.95. The minimum absolute atomic E-state index is 0.283. The standard InChI is InChI=1S/C25H22O4/c1-27-18-23(25(26)28-2)22-13-6-7-14-24(22)29-21-12-8-11-20(17-21)16-15-19-9-4-3-5-10-19/h3-18H,1-2H3. The van der Waals surface area contributed by atoms with Gasteiger partial charge < -0.3 is 14.2 Å². The molecule has 3 rings (SSSR count). The van der Waals surface area contributed by atoms with Crippen molar-refractivity contribution < 1.29 is 19.0 Å². The van der Waals surface area contributed by atoms with Crippen LogP contribution in [0.4, 0.5) is 0 Å². The summed E-state index contributed by atoms with van der Waals surface area (Å²) in [6.45, 7) is 0. The molecule has 0 fully saturated rings. The van der Waals surface area contributed by atoms with Gasteiger partial charge in [0.05, 0.1) is 20.5 Å². The second-order valence-corrected chi connectivity index (χ2v) is 6.17. The number of ether oxygens (including phenoxy) is 3. The van der Waals surface area contributed by atoms with Crippen LogP contribution in [0.15, 0.2) is 85.1 Å². The quantitative estimate of drug-likeness (QED) is 0.222. The summed E-state index contributed by atoms with van der Waals surface area (Å²) in [6, 6.07) is 25.1. The van der Waals surface area contributed by atoms with Crippen LogP contribution in [0.1, 0.15) is 16.7 Å². The van der Waals surface area contributed by atoms with Gasteiger partial charge in [-0.25, -0.2) is 4.79 Å². The Hall–Kier alpha value is -3.79. The van der Waals surface area contributed by atoms with Gasteiger partial charge in [0, 0.05) is 5.56 Å². The van der Waals surface area contributed by atoms with Crippen molar-refractivity contribution >= 4 is 23.7 Å². The molecule has 0 heterocycles. The fraction of sp³-hybridized carbons (Fsp3) is 0.0800.